The molecule has 3 heteroatoms. The van der Waals surface area contributed by atoms with E-state index in [1.54, 1.807) is 0 Å². The quantitative estimate of drug-likeness (QED) is 0.762. The average molecular weight is 238 g/mol. The number of rotatable bonds is 4. The second kappa shape index (κ2) is 6.39. The zero-order valence-corrected chi connectivity index (χ0v) is 11.1. The minimum atomic E-state index is 0.347. The molecule has 98 valence electrons. The van der Waals surface area contributed by atoms with Gasteiger partial charge in [0.1, 0.15) is 0 Å². The van der Waals surface area contributed by atoms with E-state index in [0.717, 1.165) is 25.9 Å². The molecule has 2 rings (SSSR count). The van der Waals surface area contributed by atoms with E-state index in [0.29, 0.717) is 18.0 Å². The molecule has 1 saturated carbocycles. The fourth-order valence-corrected chi connectivity index (χ4v) is 3.13. The van der Waals surface area contributed by atoms with E-state index in [-0.39, 0.29) is 0 Å². The Hall–Kier alpha value is -0.570. The molecule has 1 unspecified atom stereocenters. The standard InChI is InChI=1S/C14H26N2O/c1-12(11-16-10-6-9-14(16)17)15-13-7-4-2-3-5-8-13/h12-13,15H,2-11H2,1H3. The molecule has 0 aromatic carbocycles. The summed E-state index contributed by atoms with van der Waals surface area (Å²) in [5.74, 6) is 0.347. The molecule has 0 spiro atoms. The Bertz CT molecular complexity index is 247. The maximum atomic E-state index is 11.6. The van der Waals surface area contributed by atoms with Gasteiger partial charge in [0.25, 0.3) is 0 Å². The van der Waals surface area contributed by atoms with Crippen LogP contribution < -0.4 is 5.32 Å². The van der Waals surface area contributed by atoms with Crippen LogP contribution in [0.25, 0.3) is 0 Å². The van der Waals surface area contributed by atoms with Crippen molar-refractivity contribution in [2.45, 2.75) is 70.4 Å². The molecule has 0 aromatic heterocycles. The van der Waals surface area contributed by atoms with Gasteiger partial charge in [-0.3, -0.25) is 4.79 Å². The van der Waals surface area contributed by atoms with E-state index in [4.69, 9.17) is 0 Å². The first-order valence-electron chi connectivity index (χ1n) is 7.29. The van der Waals surface area contributed by atoms with Crippen LogP contribution in [0, 0.1) is 0 Å². The normalized spacial score (nSPS) is 25.0. The highest BCUT2D eigenvalue weighted by molar-refractivity contribution is 5.78. The van der Waals surface area contributed by atoms with Crippen LogP contribution >= 0.6 is 0 Å². The van der Waals surface area contributed by atoms with E-state index < -0.39 is 0 Å². The van der Waals surface area contributed by atoms with Gasteiger partial charge < -0.3 is 10.2 Å². The number of nitrogens with one attached hydrogen (secondary N) is 1. The average Bonchev–Trinajstić information content (AvgIpc) is 2.55. The Balaban J connectivity index is 1.72. The summed E-state index contributed by atoms with van der Waals surface area (Å²) in [5, 5.41) is 3.71. The van der Waals surface area contributed by atoms with Gasteiger partial charge in [-0.2, -0.15) is 0 Å². The Labute approximate surface area is 105 Å². The van der Waals surface area contributed by atoms with Crippen molar-refractivity contribution >= 4 is 5.91 Å². The molecule has 1 amide bonds. The molecule has 1 N–H and O–H groups in total. The molecule has 2 aliphatic rings. The van der Waals surface area contributed by atoms with Gasteiger partial charge in [-0.15, -0.1) is 0 Å². The zero-order valence-electron chi connectivity index (χ0n) is 11.1. The third-order valence-electron chi connectivity index (χ3n) is 4.04. The van der Waals surface area contributed by atoms with E-state index in [2.05, 4.69) is 12.2 Å². The highest BCUT2D eigenvalue weighted by atomic mass is 16.2. The fraction of sp³-hybridized carbons (Fsp3) is 0.929. The molecular weight excluding hydrogens is 212 g/mol. The molecule has 0 bridgehead atoms. The fourth-order valence-electron chi connectivity index (χ4n) is 3.13. The zero-order chi connectivity index (χ0) is 12.1. The van der Waals surface area contributed by atoms with Crippen LogP contribution in [0.5, 0.6) is 0 Å². The number of carbonyl (C=O) groups is 1. The SMILES string of the molecule is CC(CN1CCCC1=O)NC1CCCCCC1. The number of amides is 1. The second-order valence-electron chi connectivity index (χ2n) is 5.70. The summed E-state index contributed by atoms with van der Waals surface area (Å²) in [6.45, 7) is 4.08. The molecule has 1 atom stereocenters. The Kier molecular flexibility index (Phi) is 4.84. The highest BCUT2D eigenvalue weighted by Gasteiger charge is 2.23. The lowest BCUT2D eigenvalue weighted by Gasteiger charge is -2.26. The first-order chi connectivity index (χ1) is 8.25. The Morgan fingerprint density at radius 2 is 1.94 bits per heavy atom. The van der Waals surface area contributed by atoms with Crippen LogP contribution in [-0.4, -0.2) is 36.0 Å². The van der Waals surface area contributed by atoms with Crippen molar-refractivity contribution in [1.82, 2.24) is 10.2 Å². The number of hydrogen-bond donors (Lipinski definition) is 1. The van der Waals surface area contributed by atoms with Gasteiger partial charge in [0, 0.05) is 31.6 Å². The van der Waals surface area contributed by atoms with Gasteiger partial charge in [0.05, 0.1) is 0 Å². The molecule has 1 saturated heterocycles. The number of carbonyl (C=O) groups excluding carboxylic acids is 1. The molecule has 0 radical (unpaired) electrons. The summed E-state index contributed by atoms with van der Waals surface area (Å²) in [6.07, 6.45) is 9.98. The Morgan fingerprint density at radius 1 is 1.24 bits per heavy atom. The van der Waals surface area contributed by atoms with Gasteiger partial charge in [0.15, 0.2) is 0 Å². The van der Waals surface area contributed by atoms with Crippen molar-refractivity contribution in [3.8, 4) is 0 Å². The number of likely N-dealkylation sites (tertiary alicyclic amines) is 1. The van der Waals surface area contributed by atoms with Crippen molar-refractivity contribution in [2.24, 2.45) is 0 Å². The summed E-state index contributed by atoms with van der Waals surface area (Å²) in [7, 11) is 0. The highest BCUT2D eigenvalue weighted by Crippen LogP contribution is 2.18. The lowest BCUT2D eigenvalue weighted by Crippen LogP contribution is -2.44. The Morgan fingerprint density at radius 3 is 2.53 bits per heavy atom. The van der Waals surface area contributed by atoms with E-state index in [1.807, 2.05) is 4.90 Å². The topological polar surface area (TPSA) is 32.3 Å². The summed E-state index contributed by atoms with van der Waals surface area (Å²) in [6, 6.07) is 1.13. The van der Waals surface area contributed by atoms with Gasteiger partial charge in [0.2, 0.25) is 5.91 Å². The molecule has 0 aromatic rings. The third-order valence-corrected chi connectivity index (χ3v) is 4.04. The van der Waals surface area contributed by atoms with Crippen molar-refractivity contribution in [3.05, 3.63) is 0 Å². The van der Waals surface area contributed by atoms with E-state index in [1.165, 1.54) is 38.5 Å². The van der Waals surface area contributed by atoms with Crippen LogP contribution in [0.2, 0.25) is 0 Å². The van der Waals surface area contributed by atoms with Crippen molar-refractivity contribution in [2.75, 3.05) is 13.1 Å². The predicted octanol–water partition coefficient (Wildman–Crippen LogP) is 2.31. The van der Waals surface area contributed by atoms with Crippen LogP contribution in [0.4, 0.5) is 0 Å². The predicted molar refractivity (Wildman–Crippen MR) is 69.9 cm³/mol. The molecule has 17 heavy (non-hydrogen) atoms. The maximum absolute atomic E-state index is 11.6. The van der Waals surface area contributed by atoms with Gasteiger partial charge in [-0.05, 0) is 26.2 Å². The molecule has 3 nitrogen and oxygen atoms in total. The number of hydrogen-bond acceptors (Lipinski definition) is 2. The summed E-state index contributed by atoms with van der Waals surface area (Å²) >= 11 is 0. The van der Waals surface area contributed by atoms with E-state index in [9.17, 15) is 4.79 Å². The summed E-state index contributed by atoms with van der Waals surface area (Å²) in [4.78, 5) is 13.6. The first kappa shape index (κ1) is 12.9. The van der Waals surface area contributed by atoms with Crippen LogP contribution in [-0.2, 0) is 4.79 Å². The van der Waals surface area contributed by atoms with Gasteiger partial charge >= 0.3 is 0 Å². The molecule has 1 aliphatic heterocycles. The van der Waals surface area contributed by atoms with Crippen molar-refractivity contribution < 1.29 is 4.79 Å². The number of nitrogens with zero attached hydrogens (tertiary/aromatic N) is 1. The smallest absolute Gasteiger partial charge is 0.222 e. The molecule has 1 aliphatic carbocycles. The lowest BCUT2D eigenvalue weighted by atomic mass is 10.1. The van der Waals surface area contributed by atoms with Crippen molar-refractivity contribution in [1.29, 1.82) is 0 Å². The summed E-state index contributed by atoms with van der Waals surface area (Å²) < 4.78 is 0. The summed E-state index contributed by atoms with van der Waals surface area (Å²) in [5.41, 5.74) is 0. The first-order valence-corrected chi connectivity index (χ1v) is 7.29. The van der Waals surface area contributed by atoms with Gasteiger partial charge in [-0.1, -0.05) is 25.7 Å². The third kappa shape index (κ3) is 3.98. The molecular formula is C14H26N2O. The monoisotopic (exact) mass is 238 g/mol. The van der Waals surface area contributed by atoms with Crippen LogP contribution in [0.1, 0.15) is 58.3 Å². The second-order valence-corrected chi connectivity index (χ2v) is 5.70. The van der Waals surface area contributed by atoms with Crippen LogP contribution in [0.15, 0.2) is 0 Å². The van der Waals surface area contributed by atoms with Crippen molar-refractivity contribution in [3.63, 3.8) is 0 Å². The van der Waals surface area contributed by atoms with E-state index >= 15 is 0 Å². The maximum Gasteiger partial charge on any atom is 0.222 e. The molecule has 1 heterocycles. The van der Waals surface area contributed by atoms with Crippen LogP contribution in [0.3, 0.4) is 0 Å². The lowest BCUT2D eigenvalue weighted by molar-refractivity contribution is -0.128. The minimum Gasteiger partial charge on any atom is -0.341 e. The van der Waals surface area contributed by atoms with Gasteiger partial charge in [-0.25, -0.2) is 0 Å². The molecule has 2 fully saturated rings. The minimum absolute atomic E-state index is 0.347. The largest absolute Gasteiger partial charge is 0.341 e.